The van der Waals surface area contributed by atoms with Gasteiger partial charge in [-0.15, -0.1) is 11.8 Å². The summed E-state index contributed by atoms with van der Waals surface area (Å²) in [6, 6.07) is 0. The molecule has 0 atom stereocenters. The van der Waals surface area contributed by atoms with E-state index in [4.69, 9.17) is 15.0 Å². The Morgan fingerprint density at radius 3 is 2.17 bits per heavy atom. The summed E-state index contributed by atoms with van der Waals surface area (Å²) in [6.45, 7) is 4.10. The van der Waals surface area contributed by atoms with Gasteiger partial charge in [0.2, 0.25) is 0 Å². The van der Waals surface area contributed by atoms with Gasteiger partial charge in [-0.1, -0.05) is 19.8 Å². The van der Waals surface area contributed by atoms with E-state index in [1.807, 2.05) is 6.92 Å². The molecule has 0 aliphatic rings. The van der Waals surface area contributed by atoms with E-state index in [0.29, 0.717) is 0 Å². The van der Waals surface area contributed by atoms with Crippen molar-refractivity contribution in [3.8, 4) is 11.8 Å². The lowest BCUT2D eigenvalue weighted by Gasteiger charge is -1.86. The van der Waals surface area contributed by atoms with Crippen LogP contribution in [-0.2, 0) is 0 Å². The van der Waals surface area contributed by atoms with Crippen molar-refractivity contribution in [3.05, 3.63) is 0 Å². The molecular formula is C9H16O3. The van der Waals surface area contributed by atoms with Gasteiger partial charge < -0.3 is 10.2 Å². The molecule has 70 valence electrons. The molecule has 0 heterocycles. The number of unbranched alkanes of at least 4 members (excludes halogenated alkanes) is 3. The summed E-state index contributed by atoms with van der Waals surface area (Å²) in [5.41, 5.74) is 0. The molecule has 0 spiro atoms. The Morgan fingerprint density at radius 2 is 1.83 bits per heavy atom. The normalized spacial score (nSPS) is 7.17. The van der Waals surface area contributed by atoms with Crippen molar-refractivity contribution in [2.75, 3.05) is 0 Å². The van der Waals surface area contributed by atoms with Crippen LogP contribution in [0.4, 0.5) is 4.79 Å². The number of carboxylic acid groups (broad SMARTS) is 2. The highest BCUT2D eigenvalue weighted by Gasteiger charge is 1.78. The molecule has 2 N–H and O–H groups in total. The summed E-state index contributed by atoms with van der Waals surface area (Å²) in [5, 5.41) is 13.9. The quantitative estimate of drug-likeness (QED) is 0.508. The molecule has 0 radical (unpaired) electrons. The molecule has 0 rings (SSSR count). The molecule has 12 heavy (non-hydrogen) atoms. The maximum absolute atomic E-state index is 8.56. The highest BCUT2D eigenvalue weighted by Crippen LogP contribution is 1.96. The van der Waals surface area contributed by atoms with Gasteiger partial charge in [0.05, 0.1) is 0 Å². The summed E-state index contributed by atoms with van der Waals surface area (Å²) in [5.74, 6) is 5.91. The second-order valence-electron chi connectivity index (χ2n) is 2.17. The molecule has 0 aromatic rings. The topological polar surface area (TPSA) is 57.5 Å². The first-order valence-electron chi connectivity index (χ1n) is 3.96. The second-order valence-corrected chi connectivity index (χ2v) is 2.17. The van der Waals surface area contributed by atoms with Gasteiger partial charge in [-0.25, -0.2) is 4.79 Å². The van der Waals surface area contributed by atoms with Gasteiger partial charge in [-0.3, -0.25) is 0 Å². The van der Waals surface area contributed by atoms with Gasteiger partial charge in [-0.2, -0.15) is 0 Å². The molecule has 0 saturated carbocycles. The Labute approximate surface area is 73.4 Å². The monoisotopic (exact) mass is 172 g/mol. The van der Waals surface area contributed by atoms with Crippen LogP contribution in [0.5, 0.6) is 0 Å². The lowest BCUT2D eigenvalue weighted by molar-refractivity contribution is 0.137. The van der Waals surface area contributed by atoms with Crippen molar-refractivity contribution in [1.29, 1.82) is 0 Å². The average Bonchev–Trinajstić information content (AvgIpc) is 1.97. The van der Waals surface area contributed by atoms with Crippen molar-refractivity contribution in [2.24, 2.45) is 0 Å². The van der Waals surface area contributed by atoms with Gasteiger partial charge in [0, 0.05) is 6.42 Å². The molecule has 3 nitrogen and oxygen atoms in total. The van der Waals surface area contributed by atoms with Crippen LogP contribution in [0.25, 0.3) is 0 Å². The maximum atomic E-state index is 8.56. The van der Waals surface area contributed by atoms with Gasteiger partial charge >= 0.3 is 6.16 Å². The third kappa shape index (κ3) is 36.9. The van der Waals surface area contributed by atoms with Crippen molar-refractivity contribution in [2.45, 2.75) is 39.5 Å². The molecule has 0 aromatic carbocycles. The van der Waals surface area contributed by atoms with Crippen molar-refractivity contribution in [3.63, 3.8) is 0 Å². The Kier molecular flexibility index (Phi) is 14.0. The molecule has 0 amide bonds. The summed E-state index contributed by atoms with van der Waals surface area (Å²) in [6.07, 6.45) is 3.15. The molecule has 3 heteroatoms. The zero-order chi connectivity index (χ0) is 9.82. The SMILES string of the molecule is CC#CCCCCC.O=C(O)O. The highest BCUT2D eigenvalue weighted by atomic mass is 16.6. The third-order valence-corrected chi connectivity index (χ3v) is 1.08. The van der Waals surface area contributed by atoms with Crippen LogP contribution in [0.15, 0.2) is 0 Å². The Balaban J connectivity index is 0. The van der Waals surface area contributed by atoms with E-state index in [-0.39, 0.29) is 0 Å². The molecule has 0 bridgehead atoms. The largest absolute Gasteiger partial charge is 0.503 e. The summed E-state index contributed by atoms with van der Waals surface area (Å²) >= 11 is 0. The van der Waals surface area contributed by atoms with Crippen LogP contribution < -0.4 is 0 Å². The molecule has 0 fully saturated rings. The van der Waals surface area contributed by atoms with Gasteiger partial charge in [-0.05, 0) is 13.3 Å². The van der Waals surface area contributed by atoms with E-state index in [1.165, 1.54) is 19.3 Å². The Morgan fingerprint density at radius 1 is 1.33 bits per heavy atom. The van der Waals surface area contributed by atoms with E-state index >= 15 is 0 Å². The summed E-state index contributed by atoms with van der Waals surface area (Å²) in [4.78, 5) is 8.56. The van der Waals surface area contributed by atoms with E-state index in [1.54, 1.807) is 0 Å². The fourth-order valence-electron chi connectivity index (χ4n) is 0.588. The number of carbonyl (C=O) groups is 1. The first kappa shape index (κ1) is 13.4. The van der Waals surface area contributed by atoms with E-state index in [9.17, 15) is 0 Å². The first-order valence-corrected chi connectivity index (χ1v) is 3.96. The van der Waals surface area contributed by atoms with E-state index in [2.05, 4.69) is 18.8 Å². The minimum atomic E-state index is -1.83. The minimum absolute atomic E-state index is 1.09. The molecule has 0 aromatic heterocycles. The molecule has 0 aliphatic carbocycles. The van der Waals surface area contributed by atoms with Gasteiger partial charge in [0.1, 0.15) is 0 Å². The number of rotatable bonds is 3. The van der Waals surface area contributed by atoms with Crippen LogP contribution in [0, 0.1) is 11.8 Å². The fraction of sp³-hybridized carbons (Fsp3) is 0.667. The standard InChI is InChI=1S/C8H14.CH2O3/c1-3-5-7-8-6-4-2;2-1(3)4/h3,5,7-8H2,1-2H3;(H2,2,3,4). The predicted molar refractivity (Wildman–Crippen MR) is 48.2 cm³/mol. The Bertz CT molecular complexity index is 149. The van der Waals surface area contributed by atoms with Crippen molar-refractivity contribution < 1.29 is 15.0 Å². The highest BCUT2D eigenvalue weighted by molar-refractivity contribution is 5.53. The van der Waals surface area contributed by atoms with Crippen LogP contribution in [0.3, 0.4) is 0 Å². The van der Waals surface area contributed by atoms with Crippen molar-refractivity contribution in [1.82, 2.24) is 0 Å². The van der Waals surface area contributed by atoms with Crippen molar-refractivity contribution >= 4 is 6.16 Å². The Hall–Kier alpha value is -1.17. The fourth-order valence-corrected chi connectivity index (χ4v) is 0.588. The van der Waals surface area contributed by atoms with Crippen LogP contribution in [-0.4, -0.2) is 16.4 Å². The molecule has 0 saturated heterocycles. The van der Waals surface area contributed by atoms with Gasteiger partial charge in [0.15, 0.2) is 0 Å². The van der Waals surface area contributed by atoms with Crippen LogP contribution in [0.2, 0.25) is 0 Å². The lowest BCUT2D eigenvalue weighted by atomic mass is 10.2. The predicted octanol–water partition coefficient (Wildman–Crippen LogP) is 2.81. The third-order valence-electron chi connectivity index (χ3n) is 1.08. The average molecular weight is 172 g/mol. The van der Waals surface area contributed by atoms with Crippen LogP contribution >= 0.6 is 0 Å². The summed E-state index contributed by atoms with van der Waals surface area (Å²) < 4.78 is 0. The van der Waals surface area contributed by atoms with Gasteiger partial charge in [0.25, 0.3) is 0 Å². The second kappa shape index (κ2) is 12.5. The molecular weight excluding hydrogens is 156 g/mol. The number of hydrogen-bond acceptors (Lipinski definition) is 1. The summed E-state index contributed by atoms with van der Waals surface area (Å²) in [7, 11) is 0. The molecule has 0 aliphatic heterocycles. The minimum Gasteiger partial charge on any atom is -0.450 e. The lowest BCUT2D eigenvalue weighted by Crippen LogP contribution is -1.81. The number of hydrogen-bond donors (Lipinski definition) is 2. The first-order chi connectivity index (χ1) is 5.65. The van der Waals surface area contributed by atoms with E-state index < -0.39 is 6.16 Å². The zero-order valence-corrected chi connectivity index (χ0v) is 7.63. The maximum Gasteiger partial charge on any atom is 0.503 e. The van der Waals surface area contributed by atoms with Crippen LogP contribution in [0.1, 0.15) is 39.5 Å². The van der Waals surface area contributed by atoms with E-state index in [0.717, 1.165) is 6.42 Å². The zero-order valence-electron chi connectivity index (χ0n) is 7.63. The smallest absolute Gasteiger partial charge is 0.450 e. The molecule has 0 unspecified atom stereocenters.